The minimum Gasteiger partial charge on any atom is -0.361 e. The topological polar surface area (TPSA) is 62.0 Å². The van der Waals surface area contributed by atoms with E-state index in [0.717, 1.165) is 38.7 Å². The summed E-state index contributed by atoms with van der Waals surface area (Å²) < 4.78 is 26.2. The van der Waals surface area contributed by atoms with E-state index in [1.54, 1.807) is 0 Å². The van der Waals surface area contributed by atoms with E-state index in [0.29, 0.717) is 5.69 Å². The Hall–Kier alpha value is -3.05. The zero-order chi connectivity index (χ0) is 19.0. The molecule has 5 heteroatoms. The van der Waals surface area contributed by atoms with Gasteiger partial charge in [0.25, 0.3) is 0 Å². The lowest BCUT2D eigenvalue weighted by atomic mass is 9.96. The van der Waals surface area contributed by atoms with Crippen molar-refractivity contribution in [3.05, 3.63) is 78.5 Å². The lowest BCUT2D eigenvalue weighted by Crippen LogP contribution is -2.09. The standard InChI is InChI=1S/C22H20N2O2S/c1-15-5-3-6-16(11-15)17-12-18(14-19(13-17)24-27(2,25)26)20-7-4-8-22-21(20)9-10-23-22/h3-14,23-24H,1-2H3. The summed E-state index contributed by atoms with van der Waals surface area (Å²) in [6.45, 7) is 2.05. The monoisotopic (exact) mass is 376 g/mol. The molecule has 0 bridgehead atoms. The highest BCUT2D eigenvalue weighted by Crippen LogP contribution is 2.34. The Labute approximate surface area is 158 Å². The van der Waals surface area contributed by atoms with Crippen molar-refractivity contribution in [2.24, 2.45) is 0 Å². The maximum absolute atomic E-state index is 11.8. The SMILES string of the molecule is Cc1cccc(-c2cc(NS(C)(=O)=O)cc(-c3cccc4[nH]ccc34)c2)c1. The number of fused-ring (bicyclic) bond motifs is 1. The molecule has 0 saturated carbocycles. The Morgan fingerprint density at radius 3 is 2.41 bits per heavy atom. The molecule has 0 radical (unpaired) electrons. The van der Waals surface area contributed by atoms with Gasteiger partial charge in [-0.2, -0.15) is 0 Å². The van der Waals surface area contributed by atoms with Gasteiger partial charge in [-0.15, -0.1) is 0 Å². The van der Waals surface area contributed by atoms with Gasteiger partial charge in [0.05, 0.1) is 6.26 Å². The fourth-order valence-corrected chi connectivity index (χ4v) is 3.93. The van der Waals surface area contributed by atoms with Crippen LogP contribution < -0.4 is 4.72 Å². The zero-order valence-electron chi connectivity index (χ0n) is 15.2. The second kappa shape index (κ2) is 6.59. The van der Waals surface area contributed by atoms with Crippen molar-refractivity contribution in [1.29, 1.82) is 0 Å². The van der Waals surface area contributed by atoms with E-state index in [1.807, 2.05) is 61.7 Å². The molecule has 0 aliphatic heterocycles. The predicted molar refractivity (Wildman–Crippen MR) is 112 cm³/mol. The molecular weight excluding hydrogens is 356 g/mol. The van der Waals surface area contributed by atoms with Gasteiger partial charge in [-0.05, 0) is 59.5 Å². The summed E-state index contributed by atoms with van der Waals surface area (Å²) in [5.41, 5.74) is 6.79. The van der Waals surface area contributed by atoms with Crippen LogP contribution in [-0.4, -0.2) is 19.7 Å². The highest BCUT2D eigenvalue weighted by molar-refractivity contribution is 7.92. The number of aromatic nitrogens is 1. The molecule has 0 aliphatic rings. The first-order chi connectivity index (χ1) is 12.9. The number of H-pyrrole nitrogens is 1. The Morgan fingerprint density at radius 2 is 1.63 bits per heavy atom. The van der Waals surface area contributed by atoms with Crippen molar-refractivity contribution in [2.75, 3.05) is 11.0 Å². The predicted octanol–water partition coefficient (Wildman–Crippen LogP) is 5.18. The Bertz CT molecular complexity index is 1240. The van der Waals surface area contributed by atoms with E-state index in [4.69, 9.17) is 0 Å². The summed E-state index contributed by atoms with van der Waals surface area (Å²) in [5, 5.41) is 1.10. The third-order valence-electron chi connectivity index (χ3n) is 4.49. The number of rotatable bonds is 4. The second-order valence-corrected chi connectivity index (χ2v) is 8.54. The molecule has 27 heavy (non-hydrogen) atoms. The molecule has 0 fully saturated rings. The van der Waals surface area contributed by atoms with Crippen molar-refractivity contribution in [1.82, 2.24) is 4.98 Å². The summed E-state index contributed by atoms with van der Waals surface area (Å²) in [6, 6.07) is 22.1. The number of hydrogen-bond acceptors (Lipinski definition) is 2. The van der Waals surface area contributed by atoms with Crippen molar-refractivity contribution < 1.29 is 8.42 Å². The smallest absolute Gasteiger partial charge is 0.229 e. The fourth-order valence-electron chi connectivity index (χ4n) is 3.38. The van der Waals surface area contributed by atoms with Gasteiger partial charge in [-0.1, -0.05) is 42.0 Å². The van der Waals surface area contributed by atoms with E-state index in [-0.39, 0.29) is 0 Å². The molecule has 1 heterocycles. The van der Waals surface area contributed by atoms with Crippen LogP contribution in [0.4, 0.5) is 5.69 Å². The molecule has 0 unspecified atom stereocenters. The van der Waals surface area contributed by atoms with Crippen LogP contribution >= 0.6 is 0 Å². The lowest BCUT2D eigenvalue weighted by molar-refractivity contribution is 0.607. The minimum atomic E-state index is -3.37. The number of aryl methyl sites for hydroxylation is 1. The van der Waals surface area contributed by atoms with Crippen LogP contribution in [0, 0.1) is 6.92 Å². The van der Waals surface area contributed by atoms with E-state index in [1.165, 1.54) is 6.26 Å². The Morgan fingerprint density at radius 1 is 0.852 bits per heavy atom. The number of anilines is 1. The zero-order valence-corrected chi connectivity index (χ0v) is 16.0. The Balaban J connectivity index is 1.94. The second-order valence-electron chi connectivity index (χ2n) is 6.79. The van der Waals surface area contributed by atoms with E-state index >= 15 is 0 Å². The largest absolute Gasteiger partial charge is 0.361 e. The average molecular weight is 376 g/mol. The molecule has 0 saturated heterocycles. The highest BCUT2D eigenvalue weighted by atomic mass is 32.2. The maximum atomic E-state index is 11.8. The van der Waals surface area contributed by atoms with Crippen LogP contribution in [0.15, 0.2) is 72.9 Å². The molecule has 1 aromatic heterocycles. The normalized spacial score (nSPS) is 11.6. The molecule has 4 rings (SSSR count). The first-order valence-electron chi connectivity index (χ1n) is 8.65. The summed E-state index contributed by atoms with van der Waals surface area (Å²) in [6.07, 6.45) is 3.08. The Kier molecular flexibility index (Phi) is 4.24. The summed E-state index contributed by atoms with van der Waals surface area (Å²) >= 11 is 0. The first-order valence-corrected chi connectivity index (χ1v) is 10.5. The summed E-state index contributed by atoms with van der Waals surface area (Å²) in [5.74, 6) is 0. The molecule has 2 N–H and O–H groups in total. The first kappa shape index (κ1) is 17.4. The van der Waals surface area contributed by atoms with Gasteiger partial charge in [0.1, 0.15) is 0 Å². The summed E-state index contributed by atoms with van der Waals surface area (Å²) in [4.78, 5) is 3.22. The molecule has 4 nitrogen and oxygen atoms in total. The fraction of sp³-hybridized carbons (Fsp3) is 0.0909. The van der Waals surface area contributed by atoms with Gasteiger partial charge < -0.3 is 4.98 Å². The van der Waals surface area contributed by atoms with Crippen molar-refractivity contribution in [3.8, 4) is 22.3 Å². The number of hydrogen-bond donors (Lipinski definition) is 2. The molecule has 136 valence electrons. The average Bonchev–Trinajstić information content (AvgIpc) is 3.08. The molecule has 3 aromatic carbocycles. The van der Waals surface area contributed by atoms with Gasteiger partial charge in [-0.25, -0.2) is 8.42 Å². The highest BCUT2D eigenvalue weighted by Gasteiger charge is 2.11. The number of nitrogens with one attached hydrogen (secondary N) is 2. The van der Waals surface area contributed by atoms with Gasteiger partial charge in [-0.3, -0.25) is 4.72 Å². The van der Waals surface area contributed by atoms with Gasteiger partial charge in [0.2, 0.25) is 10.0 Å². The van der Waals surface area contributed by atoms with E-state index < -0.39 is 10.0 Å². The minimum absolute atomic E-state index is 0.555. The van der Waals surface area contributed by atoms with Crippen LogP contribution in [0.25, 0.3) is 33.2 Å². The quantitative estimate of drug-likeness (QED) is 0.515. The van der Waals surface area contributed by atoms with Crippen molar-refractivity contribution in [3.63, 3.8) is 0 Å². The number of benzene rings is 3. The molecular formula is C22H20N2O2S. The van der Waals surface area contributed by atoms with Crippen LogP contribution in [-0.2, 0) is 10.0 Å². The summed E-state index contributed by atoms with van der Waals surface area (Å²) in [7, 11) is -3.37. The third-order valence-corrected chi connectivity index (χ3v) is 5.10. The van der Waals surface area contributed by atoms with Gasteiger partial charge >= 0.3 is 0 Å². The molecule has 0 atom stereocenters. The number of aromatic amines is 1. The third kappa shape index (κ3) is 3.73. The van der Waals surface area contributed by atoms with E-state index in [9.17, 15) is 8.42 Å². The molecule has 0 spiro atoms. The van der Waals surface area contributed by atoms with Gasteiger partial charge in [0.15, 0.2) is 0 Å². The van der Waals surface area contributed by atoms with Crippen LogP contribution in [0.3, 0.4) is 0 Å². The molecule has 0 aliphatic carbocycles. The van der Waals surface area contributed by atoms with Crippen LogP contribution in [0.5, 0.6) is 0 Å². The van der Waals surface area contributed by atoms with E-state index in [2.05, 4.69) is 27.9 Å². The molecule has 0 amide bonds. The van der Waals surface area contributed by atoms with Crippen LogP contribution in [0.2, 0.25) is 0 Å². The van der Waals surface area contributed by atoms with Crippen LogP contribution in [0.1, 0.15) is 5.56 Å². The van der Waals surface area contributed by atoms with Gasteiger partial charge in [0, 0.05) is 22.8 Å². The van der Waals surface area contributed by atoms with Crippen molar-refractivity contribution >= 4 is 26.6 Å². The number of sulfonamides is 1. The lowest BCUT2D eigenvalue weighted by Gasteiger charge is -2.13. The van der Waals surface area contributed by atoms with Crippen molar-refractivity contribution in [2.45, 2.75) is 6.92 Å². The maximum Gasteiger partial charge on any atom is 0.229 e. The molecule has 4 aromatic rings.